The van der Waals surface area contributed by atoms with Crippen molar-refractivity contribution in [3.05, 3.63) is 35.4 Å². The second-order valence-electron chi connectivity index (χ2n) is 11.2. The fourth-order valence-corrected chi connectivity index (χ4v) is 7.14. The van der Waals surface area contributed by atoms with Gasteiger partial charge in [0.15, 0.2) is 0 Å². The van der Waals surface area contributed by atoms with Crippen molar-refractivity contribution in [2.45, 2.75) is 109 Å². The third-order valence-corrected chi connectivity index (χ3v) is 9.54. The minimum atomic E-state index is 0.0564. The molecule has 0 spiro atoms. The molecule has 0 saturated carbocycles. The first kappa shape index (κ1) is 30.4. The van der Waals surface area contributed by atoms with Crippen LogP contribution >= 0.6 is 11.8 Å². The number of benzene rings is 1. The molecule has 2 heterocycles. The van der Waals surface area contributed by atoms with E-state index in [0.717, 1.165) is 61.8 Å². The van der Waals surface area contributed by atoms with Crippen LogP contribution in [0, 0.1) is 11.8 Å². The van der Waals surface area contributed by atoms with Gasteiger partial charge in [-0.1, -0.05) is 57.4 Å². The number of carbonyl (C=O) groups excluding carboxylic acids is 4. The van der Waals surface area contributed by atoms with Crippen LogP contribution in [0.15, 0.2) is 24.3 Å². The summed E-state index contributed by atoms with van der Waals surface area (Å²) >= 11 is 1.96. The number of hydrogen-bond acceptors (Lipinski definition) is 5. The van der Waals surface area contributed by atoms with Gasteiger partial charge in [0.05, 0.1) is 0 Å². The van der Waals surface area contributed by atoms with E-state index in [0.29, 0.717) is 68.1 Å². The first-order valence-corrected chi connectivity index (χ1v) is 15.7. The molecule has 2 saturated heterocycles. The normalized spacial score (nSPS) is 21.1. The molecule has 4 atom stereocenters. The first-order chi connectivity index (χ1) is 18.4. The van der Waals surface area contributed by atoms with Gasteiger partial charge in [-0.15, -0.1) is 0 Å². The zero-order chi connectivity index (χ0) is 27.3. The van der Waals surface area contributed by atoms with Gasteiger partial charge in [0.1, 0.15) is 11.6 Å². The van der Waals surface area contributed by atoms with Gasteiger partial charge in [0.25, 0.3) is 0 Å². The second kappa shape index (κ2) is 16.1. The summed E-state index contributed by atoms with van der Waals surface area (Å²) in [6.45, 7) is 4.71. The van der Waals surface area contributed by atoms with Gasteiger partial charge in [0, 0.05) is 67.5 Å². The predicted molar refractivity (Wildman–Crippen MR) is 154 cm³/mol. The molecule has 0 aliphatic carbocycles. The van der Waals surface area contributed by atoms with Crippen molar-refractivity contribution in [1.29, 1.82) is 0 Å². The summed E-state index contributed by atoms with van der Waals surface area (Å²) in [7, 11) is 0. The quantitative estimate of drug-likeness (QED) is 0.249. The standard InChI is InChI=1S/C31H46N2O4S/c1-3-4-8-22(2)28(35)17-16-23-12-14-24(15-13-23)19-25(34)9-7-18-32-30(36)11-6-5-10-29-26-20-31(37)33-27(26)21-38-29/h12-15,22,26-27,29H,3-11,16-21H2,1-2H3,(H,32,36)(H,33,37)/t22-,26?,27?,29?/m0/s1. The molecule has 7 heteroatoms. The molecule has 2 amide bonds. The van der Waals surface area contributed by atoms with Crippen molar-refractivity contribution in [2.75, 3.05) is 12.3 Å². The van der Waals surface area contributed by atoms with Gasteiger partial charge in [-0.25, -0.2) is 0 Å². The number of amides is 2. The van der Waals surface area contributed by atoms with Gasteiger partial charge in [-0.2, -0.15) is 11.8 Å². The van der Waals surface area contributed by atoms with Crippen molar-refractivity contribution in [3.63, 3.8) is 0 Å². The molecule has 0 aromatic heterocycles. The Balaban J connectivity index is 1.21. The third-order valence-electron chi connectivity index (χ3n) is 7.97. The Hall–Kier alpha value is -2.15. The highest BCUT2D eigenvalue weighted by Gasteiger charge is 2.42. The molecule has 38 heavy (non-hydrogen) atoms. The van der Waals surface area contributed by atoms with Crippen molar-refractivity contribution >= 4 is 35.1 Å². The Bertz CT molecular complexity index is 932. The molecule has 0 radical (unpaired) electrons. The summed E-state index contributed by atoms with van der Waals surface area (Å²) in [4.78, 5) is 48.3. The minimum absolute atomic E-state index is 0.0564. The van der Waals surface area contributed by atoms with Crippen molar-refractivity contribution < 1.29 is 19.2 Å². The Labute approximate surface area is 232 Å². The number of ketones is 2. The van der Waals surface area contributed by atoms with Gasteiger partial charge in [-0.3, -0.25) is 19.2 Å². The number of unbranched alkanes of at least 4 members (excludes halogenated alkanes) is 2. The number of hydrogen-bond donors (Lipinski definition) is 2. The maximum absolute atomic E-state index is 12.4. The summed E-state index contributed by atoms with van der Waals surface area (Å²) in [6.07, 6.45) is 10.2. The third kappa shape index (κ3) is 10.2. The lowest BCUT2D eigenvalue weighted by Gasteiger charge is -2.15. The van der Waals surface area contributed by atoms with Crippen LogP contribution in [0.25, 0.3) is 0 Å². The number of carbonyl (C=O) groups is 4. The summed E-state index contributed by atoms with van der Waals surface area (Å²) in [5, 5.41) is 6.55. The molecular formula is C31H46N2O4S. The minimum Gasteiger partial charge on any atom is -0.356 e. The summed E-state index contributed by atoms with van der Waals surface area (Å²) in [5.74, 6) is 2.40. The van der Waals surface area contributed by atoms with Crippen LogP contribution in [0.4, 0.5) is 0 Å². The van der Waals surface area contributed by atoms with Gasteiger partial charge in [-0.05, 0) is 43.2 Å². The highest BCUT2D eigenvalue weighted by molar-refractivity contribution is 8.00. The number of nitrogens with one attached hydrogen (secondary N) is 2. The molecule has 1 aromatic rings. The number of aryl methyl sites for hydroxylation is 1. The lowest BCUT2D eigenvalue weighted by molar-refractivity contribution is -0.123. The molecule has 2 fully saturated rings. The van der Waals surface area contributed by atoms with E-state index < -0.39 is 0 Å². The van der Waals surface area contributed by atoms with Gasteiger partial charge in [0.2, 0.25) is 11.8 Å². The summed E-state index contributed by atoms with van der Waals surface area (Å²) < 4.78 is 0. The molecule has 2 aliphatic rings. The van der Waals surface area contributed by atoms with E-state index in [1.165, 1.54) is 0 Å². The Morgan fingerprint density at radius 3 is 2.55 bits per heavy atom. The average Bonchev–Trinajstić information content (AvgIpc) is 3.46. The number of rotatable bonds is 18. The summed E-state index contributed by atoms with van der Waals surface area (Å²) in [6, 6.07) is 8.40. The molecule has 3 rings (SSSR count). The molecular weight excluding hydrogens is 496 g/mol. The van der Waals surface area contributed by atoms with Gasteiger partial charge >= 0.3 is 0 Å². The maximum Gasteiger partial charge on any atom is 0.220 e. The first-order valence-electron chi connectivity index (χ1n) is 14.7. The number of fused-ring (bicyclic) bond motifs is 1. The van der Waals surface area contributed by atoms with Crippen LogP contribution in [0.2, 0.25) is 0 Å². The van der Waals surface area contributed by atoms with Crippen LogP contribution in [0.3, 0.4) is 0 Å². The topological polar surface area (TPSA) is 92.3 Å². The highest BCUT2D eigenvalue weighted by Crippen LogP contribution is 2.40. The molecule has 1 aromatic carbocycles. The Kier molecular flexibility index (Phi) is 12.9. The summed E-state index contributed by atoms with van der Waals surface area (Å²) in [5.41, 5.74) is 2.13. The Morgan fingerprint density at radius 2 is 1.79 bits per heavy atom. The molecule has 2 aliphatic heterocycles. The highest BCUT2D eigenvalue weighted by atomic mass is 32.2. The van der Waals surface area contributed by atoms with Crippen molar-refractivity contribution in [1.82, 2.24) is 10.6 Å². The number of Topliss-reactive ketones (excluding diaryl/α,β-unsaturated/α-hetero) is 2. The lowest BCUT2D eigenvalue weighted by Crippen LogP contribution is -2.29. The molecule has 3 unspecified atom stereocenters. The van der Waals surface area contributed by atoms with Crippen molar-refractivity contribution in [2.24, 2.45) is 11.8 Å². The van der Waals surface area contributed by atoms with E-state index >= 15 is 0 Å². The SMILES string of the molecule is CCCC[C@H](C)C(=O)CCc1ccc(CC(=O)CCCNC(=O)CCCCC2SCC3NC(=O)CC32)cc1. The molecule has 0 bridgehead atoms. The Morgan fingerprint density at radius 1 is 1.03 bits per heavy atom. The van der Waals surface area contributed by atoms with Crippen LogP contribution < -0.4 is 10.6 Å². The van der Waals surface area contributed by atoms with E-state index in [4.69, 9.17) is 0 Å². The number of thioether (sulfide) groups is 1. The smallest absolute Gasteiger partial charge is 0.220 e. The average molecular weight is 543 g/mol. The zero-order valence-electron chi connectivity index (χ0n) is 23.3. The largest absolute Gasteiger partial charge is 0.356 e. The van der Waals surface area contributed by atoms with Crippen molar-refractivity contribution in [3.8, 4) is 0 Å². The fourth-order valence-electron chi connectivity index (χ4n) is 5.49. The van der Waals surface area contributed by atoms with E-state index in [1.54, 1.807) is 0 Å². The van der Waals surface area contributed by atoms with Crippen LogP contribution in [0.1, 0.15) is 95.6 Å². The fraction of sp³-hybridized carbons (Fsp3) is 0.677. The van der Waals surface area contributed by atoms with E-state index in [9.17, 15) is 19.2 Å². The zero-order valence-corrected chi connectivity index (χ0v) is 24.1. The van der Waals surface area contributed by atoms with E-state index in [-0.39, 0.29) is 23.5 Å². The molecule has 210 valence electrons. The van der Waals surface area contributed by atoms with Crippen LogP contribution in [-0.4, -0.2) is 47.0 Å². The van der Waals surface area contributed by atoms with Crippen LogP contribution in [0.5, 0.6) is 0 Å². The maximum atomic E-state index is 12.4. The van der Waals surface area contributed by atoms with Gasteiger partial charge < -0.3 is 10.6 Å². The monoisotopic (exact) mass is 542 g/mol. The molecule has 6 nitrogen and oxygen atoms in total. The second-order valence-corrected chi connectivity index (χ2v) is 12.4. The predicted octanol–water partition coefficient (Wildman–Crippen LogP) is 5.20. The van der Waals surface area contributed by atoms with E-state index in [1.807, 2.05) is 43.0 Å². The van der Waals surface area contributed by atoms with E-state index in [2.05, 4.69) is 17.6 Å². The lowest BCUT2D eigenvalue weighted by atomic mass is 9.94. The molecule has 2 N–H and O–H groups in total. The van der Waals surface area contributed by atoms with Crippen LogP contribution in [-0.2, 0) is 32.0 Å².